The number of hydrogen-bond acceptors (Lipinski definition) is 8. The molecule has 0 radical (unpaired) electrons. The Bertz CT molecular complexity index is 1870. The molecule has 5 aliphatic rings. The second kappa shape index (κ2) is 9.60. The number of aromatic nitrogens is 3. The number of phenolic OH excluding ortho intramolecular Hbond substituents is 1. The number of benzene rings is 2. The molecule has 0 amide bonds. The van der Waals surface area contributed by atoms with Crippen molar-refractivity contribution in [2.75, 3.05) is 37.6 Å². The number of nitrogens with one attached hydrogen (secondary N) is 1. The Morgan fingerprint density at radius 2 is 1.98 bits per heavy atom. The van der Waals surface area contributed by atoms with Crippen molar-refractivity contribution in [3.8, 4) is 17.4 Å². The molecule has 2 aromatic carbocycles. The van der Waals surface area contributed by atoms with Gasteiger partial charge in [-0.25, -0.2) is 8.78 Å². The van der Waals surface area contributed by atoms with Gasteiger partial charge in [0, 0.05) is 42.8 Å². The third-order valence-electron chi connectivity index (χ3n) is 9.54. The lowest BCUT2D eigenvalue weighted by molar-refractivity contribution is 0.108. The van der Waals surface area contributed by atoms with Gasteiger partial charge in [0.15, 0.2) is 11.6 Å². The molecular formula is C31H32F2N6O3. The van der Waals surface area contributed by atoms with Crippen LogP contribution in [0.4, 0.5) is 14.6 Å². The van der Waals surface area contributed by atoms with E-state index in [4.69, 9.17) is 12.5 Å². The Morgan fingerprint density at radius 1 is 1.14 bits per heavy atom. The van der Waals surface area contributed by atoms with Gasteiger partial charge in [-0.05, 0) is 75.2 Å². The molecule has 2 bridgehead atoms. The zero-order valence-corrected chi connectivity index (χ0v) is 22.9. The van der Waals surface area contributed by atoms with Gasteiger partial charge in [0.1, 0.15) is 23.6 Å². The third-order valence-corrected chi connectivity index (χ3v) is 9.54. The van der Waals surface area contributed by atoms with Gasteiger partial charge in [0.25, 0.3) is 5.56 Å². The lowest BCUT2D eigenvalue weighted by Crippen LogP contribution is -2.61. The summed E-state index contributed by atoms with van der Waals surface area (Å²) in [6, 6.07) is 6.60. The van der Waals surface area contributed by atoms with E-state index >= 15 is 4.39 Å². The molecule has 2 unspecified atom stereocenters. The molecule has 9 nitrogen and oxygen atoms in total. The number of fused-ring (bicyclic) bond motifs is 6. The molecule has 42 heavy (non-hydrogen) atoms. The molecular weight excluding hydrogens is 542 g/mol. The molecule has 0 saturated carbocycles. The quantitative estimate of drug-likeness (QED) is 0.370. The number of anilines is 1. The second-order valence-electron chi connectivity index (χ2n) is 11.9. The lowest BCUT2D eigenvalue weighted by atomic mass is 9.93. The highest BCUT2D eigenvalue weighted by Gasteiger charge is 2.45. The maximum Gasteiger partial charge on any atom is 0.319 e. The van der Waals surface area contributed by atoms with Gasteiger partial charge < -0.3 is 20.1 Å². The number of phenols is 1. The summed E-state index contributed by atoms with van der Waals surface area (Å²) in [5.74, 6) is -1.97. The Morgan fingerprint density at radius 3 is 2.71 bits per heavy atom. The van der Waals surface area contributed by atoms with Crippen molar-refractivity contribution in [3.63, 3.8) is 0 Å². The molecule has 11 heteroatoms. The van der Waals surface area contributed by atoms with Crippen LogP contribution in [0, 0.1) is 11.6 Å². The number of nitrogens with zero attached hydrogens (tertiary/aromatic N) is 5. The molecule has 5 saturated heterocycles. The van der Waals surface area contributed by atoms with Gasteiger partial charge in [-0.2, -0.15) is 9.97 Å². The summed E-state index contributed by atoms with van der Waals surface area (Å²) >= 11 is 0. The van der Waals surface area contributed by atoms with Crippen molar-refractivity contribution in [1.29, 1.82) is 0 Å². The maximum atomic E-state index is 15.1. The van der Waals surface area contributed by atoms with E-state index in [2.05, 4.69) is 20.1 Å². The minimum Gasteiger partial charge on any atom is -0.508 e. The minimum absolute atomic E-state index is 0.0433. The molecule has 7 heterocycles. The summed E-state index contributed by atoms with van der Waals surface area (Å²) < 4.78 is 54.9. The Hall–Kier alpha value is -3.83. The van der Waals surface area contributed by atoms with Crippen LogP contribution in [0.15, 0.2) is 41.3 Å². The van der Waals surface area contributed by atoms with Gasteiger partial charge in [0.2, 0.25) is 0 Å². The molecule has 4 aromatic rings. The number of ether oxygens (including phenoxy) is 1. The Balaban J connectivity index is 1.32. The van der Waals surface area contributed by atoms with Crippen molar-refractivity contribution in [3.05, 3.63) is 58.5 Å². The summed E-state index contributed by atoms with van der Waals surface area (Å²) in [4.78, 5) is 27.7. The Labute approximate surface area is 243 Å². The number of aromatic hydroxyl groups is 1. The van der Waals surface area contributed by atoms with Crippen LogP contribution in [0.3, 0.4) is 0 Å². The monoisotopic (exact) mass is 576 g/mol. The van der Waals surface area contributed by atoms with Crippen molar-refractivity contribution in [1.82, 2.24) is 24.8 Å². The van der Waals surface area contributed by atoms with Gasteiger partial charge in [-0.15, -0.1) is 0 Å². The van der Waals surface area contributed by atoms with E-state index < -0.39 is 29.3 Å². The highest BCUT2D eigenvalue weighted by Crippen LogP contribution is 2.40. The predicted octanol–water partition coefficient (Wildman–Crippen LogP) is 3.87. The lowest BCUT2D eigenvalue weighted by Gasteiger charge is -2.46. The highest BCUT2D eigenvalue weighted by molar-refractivity contribution is 5.94. The maximum absolute atomic E-state index is 15.1. The molecule has 218 valence electrons. The van der Waals surface area contributed by atoms with Crippen molar-refractivity contribution in [2.24, 2.45) is 0 Å². The third kappa shape index (κ3) is 3.97. The van der Waals surface area contributed by atoms with Crippen molar-refractivity contribution >= 4 is 27.5 Å². The summed E-state index contributed by atoms with van der Waals surface area (Å²) in [5.41, 5.74) is -1.54. The van der Waals surface area contributed by atoms with Crippen LogP contribution in [0.1, 0.15) is 41.3 Å². The van der Waals surface area contributed by atoms with Gasteiger partial charge >= 0.3 is 6.01 Å². The van der Waals surface area contributed by atoms with Crippen LogP contribution in [0.25, 0.3) is 27.4 Å². The van der Waals surface area contributed by atoms with Gasteiger partial charge in [-0.3, -0.25) is 14.3 Å². The van der Waals surface area contributed by atoms with Crippen LogP contribution in [0.2, 0.25) is 0 Å². The predicted molar refractivity (Wildman–Crippen MR) is 155 cm³/mol. The summed E-state index contributed by atoms with van der Waals surface area (Å²) in [6.45, 7) is 0.893. The normalized spacial score (nSPS) is 24.3. The zero-order chi connectivity index (χ0) is 30.4. The van der Waals surface area contributed by atoms with E-state index in [1.807, 2.05) is 0 Å². The zero-order valence-electron chi connectivity index (χ0n) is 24.9. The van der Waals surface area contributed by atoms with E-state index in [1.54, 1.807) is 6.07 Å². The van der Waals surface area contributed by atoms with Gasteiger partial charge in [0.05, 0.1) is 19.4 Å². The molecule has 5 fully saturated rings. The fourth-order valence-electron chi connectivity index (χ4n) is 7.47. The summed E-state index contributed by atoms with van der Waals surface area (Å²) in [7, 11) is 0. The molecule has 5 aliphatic heterocycles. The number of piperidine rings is 2. The first-order valence-corrected chi connectivity index (χ1v) is 14.6. The van der Waals surface area contributed by atoms with E-state index in [9.17, 15) is 14.3 Å². The van der Waals surface area contributed by atoms with E-state index in [0.717, 1.165) is 56.0 Å². The summed E-state index contributed by atoms with van der Waals surface area (Å²) in [6.07, 6.45) is 6.46. The number of hydrogen-bond donors (Lipinski definition) is 2. The molecule has 9 rings (SSSR count). The highest BCUT2D eigenvalue weighted by atomic mass is 19.2. The molecule has 2 N–H and O–H groups in total. The topological polar surface area (TPSA) is 95.8 Å². The Kier molecular flexibility index (Phi) is 5.42. The molecule has 0 spiro atoms. The standard InChI is InChI=1S/C31H32F2N6O3/c32-23-6-3-18-13-21(40)14-24(25(18)26(23)33)38-12-7-22-27(29(38)41)35-30(42-17-31-8-1-10-37(31)11-2-9-31)36-28(22)39-16-19-4-5-20(39)15-34-19/h3,6-7,12-14,19-20,34,40H,1-2,4-5,8-11,15-17H2/i17D2. The first-order valence-electron chi connectivity index (χ1n) is 15.6. The summed E-state index contributed by atoms with van der Waals surface area (Å²) in [5, 5.41) is 14.5. The van der Waals surface area contributed by atoms with Crippen LogP contribution in [-0.4, -0.2) is 74.9 Å². The van der Waals surface area contributed by atoms with Crippen LogP contribution < -0.4 is 20.5 Å². The van der Waals surface area contributed by atoms with E-state index in [0.29, 0.717) is 30.6 Å². The molecule has 2 aromatic heterocycles. The van der Waals surface area contributed by atoms with Crippen molar-refractivity contribution in [2.45, 2.75) is 56.1 Å². The SMILES string of the molecule is [2H]C([2H])(Oc1nc(N2CC3CCC2CN3)c2ccn(-c3cc(O)cc4ccc(F)c(F)c34)c(=O)c2n1)C12CCCN1CCC2. The van der Waals surface area contributed by atoms with Gasteiger partial charge in [-0.1, -0.05) is 6.07 Å². The van der Waals surface area contributed by atoms with E-state index in [-0.39, 0.29) is 45.8 Å². The fraction of sp³-hybridized carbons (Fsp3) is 0.452. The number of rotatable bonds is 5. The molecule has 2 atom stereocenters. The minimum atomic E-state index is -2.12. The smallest absolute Gasteiger partial charge is 0.319 e. The molecule has 0 aliphatic carbocycles. The average molecular weight is 577 g/mol. The fourth-order valence-corrected chi connectivity index (χ4v) is 7.47. The first kappa shape index (κ1) is 23.7. The van der Waals surface area contributed by atoms with Crippen LogP contribution in [-0.2, 0) is 0 Å². The number of pyridine rings is 1. The van der Waals surface area contributed by atoms with E-state index in [1.165, 1.54) is 24.4 Å². The van der Waals surface area contributed by atoms with Crippen LogP contribution in [0.5, 0.6) is 11.8 Å². The first-order chi connectivity index (χ1) is 21.1. The number of piperazine rings is 1. The van der Waals surface area contributed by atoms with Crippen molar-refractivity contribution < 1.29 is 21.4 Å². The average Bonchev–Trinajstić information content (AvgIpc) is 3.62. The van der Waals surface area contributed by atoms with Crippen LogP contribution >= 0.6 is 0 Å². The second-order valence-corrected chi connectivity index (χ2v) is 11.9. The largest absolute Gasteiger partial charge is 0.508 e. The number of halogens is 2.